The molecule has 0 aliphatic rings. The molecule has 132 valence electrons. The quantitative estimate of drug-likeness (QED) is 0.461. The van der Waals surface area contributed by atoms with Crippen LogP contribution < -0.4 is 10.1 Å². The zero-order valence-electron chi connectivity index (χ0n) is 12.1. The lowest BCUT2D eigenvalue weighted by Crippen LogP contribution is -2.21. The van der Waals surface area contributed by atoms with E-state index in [1.807, 2.05) is 0 Å². The van der Waals surface area contributed by atoms with Gasteiger partial charge in [-0.3, -0.25) is 4.79 Å². The fraction of sp³-hybridized carbons (Fsp3) is 0.0667. The Morgan fingerprint density at radius 3 is 2.00 bits per heavy atom. The third-order valence-corrected chi connectivity index (χ3v) is 5.19. The molecule has 1 amide bonds. The summed E-state index contributed by atoms with van der Waals surface area (Å²) in [6.07, 6.45) is 0. The predicted octanol–water partition coefficient (Wildman–Crippen LogP) is 5.67. The highest BCUT2D eigenvalue weighted by molar-refractivity contribution is 6.55. The highest BCUT2D eigenvalue weighted by atomic mass is 35.5. The second-order valence-electron chi connectivity index (χ2n) is 4.59. The highest BCUT2D eigenvalue weighted by Gasteiger charge is 2.21. The van der Waals surface area contributed by atoms with E-state index in [1.165, 1.54) is 18.2 Å². The van der Waals surface area contributed by atoms with Crippen LogP contribution in [-0.4, -0.2) is 23.6 Å². The van der Waals surface area contributed by atoms with Crippen LogP contribution in [0.25, 0.3) is 0 Å². The Morgan fingerprint density at radius 1 is 0.920 bits per heavy atom. The molecule has 0 saturated carbocycles. The summed E-state index contributed by atoms with van der Waals surface area (Å²) in [4.78, 5) is 23.1. The Bertz CT molecular complexity index is 827. The molecular formula is C15H8Cl5NO4. The van der Waals surface area contributed by atoms with Crippen molar-refractivity contribution in [2.24, 2.45) is 0 Å². The van der Waals surface area contributed by atoms with Gasteiger partial charge in [-0.25, -0.2) is 4.79 Å². The Morgan fingerprint density at radius 2 is 1.44 bits per heavy atom. The van der Waals surface area contributed by atoms with Gasteiger partial charge in [-0.05, 0) is 12.1 Å². The third kappa shape index (κ3) is 4.43. The minimum Gasteiger partial charge on any atom is -0.481 e. The number of carboxylic acid groups (broad SMARTS) is 1. The first-order valence-corrected chi connectivity index (χ1v) is 8.39. The van der Waals surface area contributed by atoms with E-state index in [0.717, 1.165) is 0 Å². The number of hydrogen-bond donors (Lipinski definition) is 2. The van der Waals surface area contributed by atoms with E-state index < -0.39 is 18.5 Å². The lowest BCUT2D eigenvalue weighted by Gasteiger charge is -2.14. The summed E-state index contributed by atoms with van der Waals surface area (Å²) >= 11 is 29.7. The lowest BCUT2D eigenvalue weighted by molar-refractivity contribution is -0.118. The van der Waals surface area contributed by atoms with Crippen molar-refractivity contribution in [2.75, 3.05) is 11.9 Å². The maximum Gasteiger partial charge on any atom is 0.337 e. The van der Waals surface area contributed by atoms with Gasteiger partial charge in [-0.15, -0.1) is 0 Å². The fourth-order valence-corrected chi connectivity index (χ4v) is 3.04. The van der Waals surface area contributed by atoms with Gasteiger partial charge in [0.1, 0.15) is 10.0 Å². The van der Waals surface area contributed by atoms with E-state index in [4.69, 9.17) is 67.8 Å². The summed E-state index contributed by atoms with van der Waals surface area (Å²) < 4.78 is 5.27. The maximum atomic E-state index is 12.0. The van der Waals surface area contributed by atoms with Gasteiger partial charge in [0.25, 0.3) is 5.91 Å². The standard InChI is InChI=1S/C15H8Cl5NO4/c16-9-10(17)12(19)14(13(20)11(9)18)25-5-8(22)21-7-4-2-1-3-6(7)15(23)24/h1-4H,5H2,(H,21,22)(H,23,24). The molecule has 2 rings (SSSR count). The van der Waals surface area contributed by atoms with Crippen molar-refractivity contribution >= 4 is 75.6 Å². The monoisotopic (exact) mass is 441 g/mol. The number of carboxylic acids is 1. The van der Waals surface area contributed by atoms with Crippen molar-refractivity contribution in [2.45, 2.75) is 0 Å². The predicted molar refractivity (Wildman–Crippen MR) is 99.0 cm³/mol. The number of amides is 1. The van der Waals surface area contributed by atoms with E-state index in [-0.39, 0.29) is 42.1 Å². The Kier molecular flexibility index (Phi) is 6.65. The van der Waals surface area contributed by atoms with E-state index in [9.17, 15) is 9.59 Å². The second kappa shape index (κ2) is 8.34. The van der Waals surface area contributed by atoms with Gasteiger partial charge in [-0.1, -0.05) is 70.1 Å². The molecule has 5 nitrogen and oxygen atoms in total. The lowest BCUT2D eigenvalue weighted by atomic mass is 10.2. The number of halogens is 5. The van der Waals surface area contributed by atoms with Gasteiger partial charge in [0.05, 0.1) is 26.3 Å². The Labute approximate surface area is 167 Å². The number of aromatic carboxylic acids is 1. The van der Waals surface area contributed by atoms with Crippen molar-refractivity contribution in [3.05, 3.63) is 54.9 Å². The zero-order valence-corrected chi connectivity index (χ0v) is 15.9. The van der Waals surface area contributed by atoms with Crippen LogP contribution in [0.1, 0.15) is 10.4 Å². The molecule has 0 aliphatic carbocycles. The summed E-state index contributed by atoms with van der Waals surface area (Å²) in [6, 6.07) is 5.91. The molecule has 0 fully saturated rings. The largest absolute Gasteiger partial charge is 0.481 e. The number of nitrogens with one attached hydrogen (secondary N) is 1. The molecule has 2 aromatic carbocycles. The summed E-state index contributed by atoms with van der Waals surface area (Å²) in [5, 5.41) is 11.1. The molecule has 0 aromatic heterocycles. The van der Waals surface area contributed by atoms with Crippen LogP contribution >= 0.6 is 58.0 Å². The van der Waals surface area contributed by atoms with Crippen molar-refractivity contribution in [1.82, 2.24) is 0 Å². The van der Waals surface area contributed by atoms with Crippen molar-refractivity contribution in [3.63, 3.8) is 0 Å². The van der Waals surface area contributed by atoms with Crippen molar-refractivity contribution < 1.29 is 19.4 Å². The van der Waals surface area contributed by atoms with E-state index in [1.54, 1.807) is 6.07 Å². The molecule has 0 bridgehead atoms. The SMILES string of the molecule is O=C(COc1c(Cl)c(Cl)c(Cl)c(Cl)c1Cl)Nc1ccccc1C(=O)O. The number of ether oxygens (including phenoxy) is 1. The van der Waals surface area contributed by atoms with Crippen LogP contribution in [0, 0.1) is 0 Å². The first-order valence-electron chi connectivity index (χ1n) is 6.50. The minimum absolute atomic E-state index is 0.0366. The van der Waals surface area contributed by atoms with E-state index >= 15 is 0 Å². The van der Waals surface area contributed by atoms with Gasteiger partial charge < -0.3 is 15.2 Å². The highest BCUT2D eigenvalue weighted by Crippen LogP contribution is 2.48. The molecule has 0 heterocycles. The third-order valence-electron chi connectivity index (χ3n) is 2.95. The molecule has 0 radical (unpaired) electrons. The van der Waals surface area contributed by atoms with Crippen LogP contribution in [0.3, 0.4) is 0 Å². The van der Waals surface area contributed by atoms with Gasteiger partial charge in [0.15, 0.2) is 12.4 Å². The molecule has 2 N–H and O–H groups in total. The number of anilines is 1. The molecular weight excluding hydrogens is 435 g/mol. The number of carbonyl (C=O) groups excluding carboxylic acids is 1. The summed E-state index contributed by atoms with van der Waals surface area (Å²) in [6.45, 7) is -0.512. The fourth-order valence-electron chi connectivity index (χ4n) is 1.81. The van der Waals surface area contributed by atoms with Crippen molar-refractivity contribution in [3.8, 4) is 5.75 Å². The van der Waals surface area contributed by atoms with Crippen LogP contribution in [0.4, 0.5) is 5.69 Å². The van der Waals surface area contributed by atoms with E-state index in [0.29, 0.717) is 0 Å². The molecule has 10 heteroatoms. The average Bonchev–Trinajstić information content (AvgIpc) is 2.58. The van der Waals surface area contributed by atoms with E-state index in [2.05, 4.69) is 5.32 Å². The van der Waals surface area contributed by atoms with Gasteiger partial charge in [-0.2, -0.15) is 0 Å². The van der Waals surface area contributed by atoms with Crippen molar-refractivity contribution in [1.29, 1.82) is 0 Å². The number of rotatable bonds is 5. The minimum atomic E-state index is -1.18. The molecule has 2 aromatic rings. The molecule has 0 aliphatic heterocycles. The maximum absolute atomic E-state index is 12.0. The average molecular weight is 443 g/mol. The number of benzene rings is 2. The number of para-hydroxylation sites is 1. The normalized spacial score (nSPS) is 10.4. The molecule has 0 spiro atoms. The first kappa shape index (κ1) is 19.9. The summed E-state index contributed by atoms with van der Waals surface area (Å²) in [7, 11) is 0. The molecule has 0 unspecified atom stereocenters. The van der Waals surface area contributed by atoms with Gasteiger partial charge in [0, 0.05) is 0 Å². The molecule has 0 atom stereocenters. The molecule has 0 saturated heterocycles. The van der Waals surface area contributed by atoms with Crippen LogP contribution in [0.5, 0.6) is 5.75 Å². The number of hydrogen-bond acceptors (Lipinski definition) is 3. The second-order valence-corrected chi connectivity index (χ2v) is 6.48. The summed E-state index contributed by atoms with van der Waals surface area (Å²) in [5.74, 6) is -1.92. The topological polar surface area (TPSA) is 75.6 Å². The van der Waals surface area contributed by atoms with Crippen LogP contribution in [0.15, 0.2) is 24.3 Å². The number of carbonyl (C=O) groups is 2. The van der Waals surface area contributed by atoms with Crippen LogP contribution in [-0.2, 0) is 4.79 Å². The molecule has 25 heavy (non-hydrogen) atoms. The van der Waals surface area contributed by atoms with Crippen LogP contribution in [0.2, 0.25) is 25.1 Å². The Hall–Kier alpha value is -1.37. The van der Waals surface area contributed by atoms with Gasteiger partial charge >= 0.3 is 5.97 Å². The smallest absolute Gasteiger partial charge is 0.337 e. The van der Waals surface area contributed by atoms with Gasteiger partial charge in [0.2, 0.25) is 0 Å². The zero-order chi connectivity index (χ0) is 18.7. The Balaban J connectivity index is 2.16. The summed E-state index contributed by atoms with van der Waals surface area (Å²) in [5.41, 5.74) is 0.0532. The first-order chi connectivity index (χ1) is 11.7.